The molecule has 8 heteroatoms. The largest absolute Gasteiger partial charge is 0.484 e. The van der Waals surface area contributed by atoms with Crippen LogP contribution in [0.15, 0.2) is 24.3 Å². The van der Waals surface area contributed by atoms with Gasteiger partial charge in [-0.25, -0.2) is 0 Å². The van der Waals surface area contributed by atoms with Gasteiger partial charge in [0, 0.05) is 0 Å². The summed E-state index contributed by atoms with van der Waals surface area (Å²) in [6.07, 6.45) is -4.78. The first-order chi connectivity index (χ1) is 10.9. The van der Waals surface area contributed by atoms with Crippen molar-refractivity contribution in [3.05, 3.63) is 29.8 Å². The molecule has 0 saturated carbocycles. The third kappa shape index (κ3) is 5.75. The number of carboxylic acids is 1. The quantitative estimate of drug-likeness (QED) is 0.795. The number of hydrogen-bond donors (Lipinski definition) is 2. The van der Waals surface area contributed by atoms with Gasteiger partial charge in [0.05, 0.1) is 17.5 Å². The van der Waals surface area contributed by atoms with E-state index in [2.05, 4.69) is 5.32 Å². The van der Waals surface area contributed by atoms with Gasteiger partial charge in [-0.15, -0.1) is 0 Å². The van der Waals surface area contributed by atoms with Crippen molar-refractivity contribution in [2.24, 2.45) is 5.92 Å². The monoisotopic (exact) mass is 347 g/mol. The number of carbonyl (C=O) groups excluding carboxylic acids is 1. The molecule has 0 aromatic heterocycles. The van der Waals surface area contributed by atoms with E-state index in [4.69, 9.17) is 9.84 Å². The van der Waals surface area contributed by atoms with Crippen LogP contribution in [-0.4, -0.2) is 29.1 Å². The number of nitrogens with one attached hydrogen (secondary N) is 1. The highest BCUT2D eigenvalue weighted by atomic mass is 19.4. The molecule has 24 heavy (non-hydrogen) atoms. The lowest BCUT2D eigenvalue weighted by Gasteiger charge is -2.33. The summed E-state index contributed by atoms with van der Waals surface area (Å²) in [6.45, 7) is 4.60. The van der Waals surface area contributed by atoms with Crippen LogP contribution in [0, 0.1) is 5.92 Å². The van der Waals surface area contributed by atoms with E-state index >= 15 is 0 Å². The third-order valence-corrected chi connectivity index (χ3v) is 3.75. The van der Waals surface area contributed by atoms with Crippen molar-refractivity contribution in [1.82, 2.24) is 5.32 Å². The zero-order valence-electron chi connectivity index (χ0n) is 13.6. The van der Waals surface area contributed by atoms with Crippen LogP contribution in [0.5, 0.6) is 5.75 Å². The fourth-order valence-electron chi connectivity index (χ4n) is 1.97. The maximum atomic E-state index is 12.6. The molecule has 0 spiro atoms. The minimum Gasteiger partial charge on any atom is -0.484 e. The van der Waals surface area contributed by atoms with Crippen LogP contribution in [0.2, 0.25) is 0 Å². The lowest BCUT2D eigenvalue weighted by molar-refractivity contribution is -0.140. The number of carboxylic acid groups (broad SMARTS) is 1. The Balaban J connectivity index is 2.70. The summed E-state index contributed by atoms with van der Waals surface area (Å²) in [7, 11) is 0. The van der Waals surface area contributed by atoms with Crippen LogP contribution in [0.25, 0.3) is 0 Å². The summed E-state index contributed by atoms with van der Waals surface area (Å²) in [6, 6.07) is 4.18. The SMILES string of the molecule is CC(C)C(C)(CC(=O)O)NC(=O)COc1cccc(C(F)(F)F)c1. The van der Waals surface area contributed by atoms with Crippen molar-refractivity contribution in [2.75, 3.05) is 6.61 Å². The number of hydrogen-bond acceptors (Lipinski definition) is 3. The van der Waals surface area contributed by atoms with E-state index in [0.717, 1.165) is 12.1 Å². The second kappa shape index (κ2) is 7.55. The molecule has 1 unspecified atom stereocenters. The Hall–Kier alpha value is -2.25. The number of rotatable bonds is 7. The molecule has 0 saturated heterocycles. The molecule has 0 fully saturated rings. The van der Waals surface area contributed by atoms with Crippen LogP contribution < -0.4 is 10.1 Å². The summed E-state index contributed by atoms with van der Waals surface area (Å²) in [5.41, 5.74) is -1.86. The molecule has 134 valence electrons. The molecule has 0 aliphatic heterocycles. The number of ether oxygens (including phenoxy) is 1. The zero-order valence-corrected chi connectivity index (χ0v) is 13.6. The lowest BCUT2D eigenvalue weighted by atomic mass is 9.85. The Morgan fingerprint density at radius 3 is 2.42 bits per heavy atom. The van der Waals surface area contributed by atoms with Crippen molar-refractivity contribution >= 4 is 11.9 Å². The molecule has 5 nitrogen and oxygen atoms in total. The van der Waals surface area contributed by atoms with Gasteiger partial charge in [0.25, 0.3) is 5.91 Å². The summed E-state index contributed by atoms with van der Waals surface area (Å²) >= 11 is 0. The molecule has 1 rings (SSSR count). The number of halogens is 3. The summed E-state index contributed by atoms with van der Waals surface area (Å²) < 4.78 is 42.9. The van der Waals surface area contributed by atoms with E-state index in [1.807, 2.05) is 0 Å². The highest BCUT2D eigenvalue weighted by Crippen LogP contribution is 2.31. The van der Waals surface area contributed by atoms with E-state index in [1.165, 1.54) is 12.1 Å². The average Bonchev–Trinajstić information content (AvgIpc) is 2.43. The van der Waals surface area contributed by atoms with Crippen LogP contribution >= 0.6 is 0 Å². The molecule has 1 aromatic carbocycles. The van der Waals surface area contributed by atoms with E-state index in [-0.39, 0.29) is 18.1 Å². The van der Waals surface area contributed by atoms with Gasteiger partial charge in [-0.1, -0.05) is 19.9 Å². The van der Waals surface area contributed by atoms with Gasteiger partial charge in [-0.05, 0) is 31.0 Å². The first kappa shape index (κ1) is 19.8. The Morgan fingerprint density at radius 1 is 1.29 bits per heavy atom. The molecule has 1 amide bonds. The van der Waals surface area contributed by atoms with Crippen LogP contribution in [0.4, 0.5) is 13.2 Å². The molecule has 2 N–H and O–H groups in total. The standard InChI is InChI=1S/C16H20F3NO4/c1-10(2)15(3,8-14(22)23)20-13(21)9-24-12-6-4-5-11(7-12)16(17,18)19/h4-7,10H,8-9H2,1-3H3,(H,20,21)(H,22,23). The predicted octanol–water partition coefficient (Wildman–Crippen LogP) is 3.09. The summed E-state index contributed by atoms with van der Waals surface area (Å²) in [5.74, 6) is -1.93. The molecule has 0 heterocycles. The van der Waals surface area contributed by atoms with Crippen LogP contribution in [-0.2, 0) is 15.8 Å². The zero-order chi connectivity index (χ0) is 18.5. The lowest BCUT2D eigenvalue weighted by Crippen LogP contribution is -2.52. The van der Waals surface area contributed by atoms with Gasteiger partial charge in [-0.2, -0.15) is 13.2 Å². The average molecular weight is 347 g/mol. The Morgan fingerprint density at radius 2 is 1.92 bits per heavy atom. The molecular weight excluding hydrogens is 327 g/mol. The highest BCUT2D eigenvalue weighted by Gasteiger charge is 2.33. The number of aliphatic carboxylic acids is 1. The molecule has 0 radical (unpaired) electrons. The van der Waals surface area contributed by atoms with Gasteiger partial charge in [0.15, 0.2) is 6.61 Å². The first-order valence-corrected chi connectivity index (χ1v) is 7.27. The molecule has 1 aromatic rings. The number of carbonyl (C=O) groups is 2. The molecule has 0 aliphatic rings. The molecule has 0 bridgehead atoms. The molecular formula is C16H20F3NO4. The highest BCUT2D eigenvalue weighted by molar-refractivity contribution is 5.79. The Bertz CT molecular complexity index is 601. The van der Waals surface area contributed by atoms with Gasteiger partial charge < -0.3 is 15.2 Å². The maximum absolute atomic E-state index is 12.6. The van der Waals surface area contributed by atoms with Crippen molar-refractivity contribution in [1.29, 1.82) is 0 Å². The molecule has 1 atom stereocenters. The van der Waals surface area contributed by atoms with Gasteiger partial charge in [-0.3, -0.25) is 9.59 Å². The van der Waals surface area contributed by atoms with E-state index in [1.54, 1.807) is 20.8 Å². The summed E-state index contributed by atoms with van der Waals surface area (Å²) in [4.78, 5) is 22.9. The number of amides is 1. The minimum atomic E-state index is -4.50. The van der Waals surface area contributed by atoms with Gasteiger partial charge >= 0.3 is 12.1 Å². The van der Waals surface area contributed by atoms with E-state index < -0.39 is 35.8 Å². The Kier molecular flexibility index (Phi) is 6.22. The maximum Gasteiger partial charge on any atom is 0.416 e. The Labute approximate surface area is 137 Å². The minimum absolute atomic E-state index is 0.0931. The van der Waals surface area contributed by atoms with E-state index in [0.29, 0.717) is 0 Å². The van der Waals surface area contributed by atoms with Crippen molar-refractivity contribution in [3.63, 3.8) is 0 Å². The van der Waals surface area contributed by atoms with Crippen LogP contribution in [0.1, 0.15) is 32.8 Å². The van der Waals surface area contributed by atoms with Gasteiger partial charge in [0.1, 0.15) is 5.75 Å². The third-order valence-electron chi connectivity index (χ3n) is 3.75. The van der Waals surface area contributed by atoms with Crippen molar-refractivity contribution < 1.29 is 32.6 Å². The number of benzene rings is 1. The normalized spacial score (nSPS) is 14.1. The predicted molar refractivity (Wildman–Crippen MR) is 80.6 cm³/mol. The number of alkyl halides is 3. The summed E-state index contributed by atoms with van der Waals surface area (Å²) in [5, 5.41) is 11.5. The fourth-order valence-corrected chi connectivity index (χ4v) is 1.97. The van der Waals surface area contributed by atoms with Gasteiger partial charge in [0.2, 0.25) is 0 Å². The first-order valence-electron chi connectivity index (χ1n) is 7.27. The second-order valence-corrected chi connectivity index (χ2v) is 6.01. The molecule has 0 aliphatic carbocycles. The van der Waals surface area contributed by atoms with Crippen LogP contribution in [0.3, 0.4) is 0 Å². The fraction of sp³-hybridized carbons (Fsp3) is 0.500. The van der Waals surface area contributed by atoms with E-state index in [9.17, 15) is 22.8 Å². The second-order valence-electron chi connectivity index (χ2n) is 6.01. The topological polar surface area (TPSA) is 75.6 Å². The van der Waals surface area contributed by atoms with Crippen molar-refractivity contribution in [2.45, 2.75) is 38.9 Å². The smallest absolute Gasteiger partial charge is 0.416 e. The van der Waals surface area contributed by atoms with Crippen molar-refractivity contribution in [3.8, 4) is 5.75 Å².